The average Bonchev–Trinajstić information content (AvgIpc) is 2.93. The smallest absolute Gasteiger partial charge is 0.244 e. The molecule has 4 nitrogen and oxygen atoms in total. The van der Waals surface area contributed by atoms with Crippen LogP contribution in [-0.2, 0) is 11.3 Å². The van der Waals surface area contributed by atoms with E-state index < -0.39 is 0 Å². The highest BCUT2D eigenvalue weighted by molar-refractivity contribution is 5.93. The van der Waals surface area contributed by atoms with Crippen LogP contribution in [0.15, 0.2) is 36.5 Å². The van der Waals surface area contributed by atoms with Gasteiger partial charge >= 0.3 is 0 Å². The number of anilines is 1. The number of nitrogens with one attached hydrogen (secondary N) is 1. The van der Waals surface area contributed by atoms with Crippen LogP contribution in [0.4, 0.5) is 5.69 Å². The van der Waals surface area contributed by atoms with Gasteiger partial charge in [-0.25, -0.2) is 0 Å². The standard InChI is InChI=1S/C19H24N2O2/c1-13(2)16-8-5-9-17(14(3)4)19(16)20-18(23)11-21-10-6-7-15(21)12-22/h5-10,12-14H,11H2,1-4H3,(H,20,23). The number of nitrogens with zero attached hydrogens (tertiary/aromatic N) is 1. The fourth-order valence-corrected chi connectivity index (χ4v) is 2.71. The van der Waals surface area contributed by atoms with E-state index in [1.807, 2.05) is 6.07 Å². The third kappa shape index (κ3) is 3.89. The van der Waals surface area contributed by atoms with E-state index in [-0.39, 0.29) is 12.5 Å². The number of para-hydroxylation sites is 1. The van der Waals surface area contributed by atoms with Crippen molar-refractivity contribution in [2.24, 2.45) is 0 Å². The summed E-state index contributed by atoms with van der Waals surface area (Å²) in [5.74, 6) is 0.515. The van der Waals surface area contributed by atoms with Crippen LogP contribution < -0.4 is 5.32 Å². The van der Waals surface area contributed by atoms with Gasteiger partial charge in [0.2, 0.25) is 5.91 Å². The molecular weight excluding hydrogens is 288 g/mol. The van der Waals surface area contributed by atoms with Gasteiger partial charge in [-0.3, -0.25) is 9.59 Å². The molecule has 1 amide bonds. The molecule has 1 aromatic carbocycles. The van der Waals surface area contributed by atoms with Crippen LogP contribution in [0.3, 0.4) is 0 Å². The van der Waals surface area contributed by atoms with E-state index in [9.17, 15) is 9.59 Å². The number of aldehydes is 1. The second-order valence-corrected chi connectivity index (χ2v) is 6.35. The Labute approximate surface area is 137 Å². The van der Waals surface area contributed by atoms with E-state index in [1.165, 1.54) is 0 Å². The molecule has 0 unspecified atom stereocenters. The van der Waals surface area contributed by atoms with Gasteiger partial charge in [0.05, 0.1) is 5.69 Å². The normalized spacial score (nSPS) is 11.0. The first kappa shape index (κ1) is 17.0. The highest BCUT2D eigenvalue weighted by Crippen LogP contribution is 2.32. The summed E-state index contributed by atoms with van der Waals surface area (Å²) in [6.45, 7) is 8.60. The highest BCUT2D eigenvalue weighted by Gasteiger charge is 2.16. The van der Waals surface area contributed by atoms with E-state index in [0.717, 1.165) is 23.1 Å². The van der Waals surface area contributed by atoms with Gasteiger partial charge in [0.25, 0.3) is 0 Å². The summed E-state index contributed by atoms with van der Waals surface area (Å²) in [5.41, 5.74) is 3.67. The van der Waals surface area contributed by atoms with Crippen molar-refractivity contribution in [3.8, 4) is 0 Å². The Kier molecular flexibility index (Phi) is 5.37. The predicted molar refractivity (Wildman–Crippen MR) is 93.1 cm³/mol. The number of amides is 1. The van der Waals surface area contributed by atoms with Gasteiger partial charge in [-0.1, -0.05) is 45.9 Å². The molecule has 0 saturated heterocycles. The minimum Gasteiger partial charge on any atom is -0.336 e. The summed E-state index contributed by atoms with van der Waals surface area (Å²) in [5, 5.41) is 3.06. The van der Waals surface area contributed by atoms with Gasteiger partial charge in [-0.05, 0) is 35.1 Å². The lowest BCUT2D eigenvalue weighted by Crippen LogP contribution is -2.21. The fourth-order valence-electron chi connectivity index (χ4n) is 2.71. The molecule has 0 aliphatic carbocycles. The monoisotopic (exact) mass is 312 g/mol. The Bertz CT molecular complexity index is 673. The summed E-state index contributed by atoms with van der Waals surface area (Å²) in [7, 11) is 0. The molecule has 1 aromatic heterocycles. The molecular formula is C19H24N2O2. The van der Waals surface area contributed by atoms with Gasteiger partial charge in [0.1, 0.15) is 6.54 Å². The van der Waals surface area contributed by atoms with Gasteiger partial charge in [0, 0.05) is 11.9 Å². The van der Waals surface area contributed by atoms with E-state index in [2.05, 4.69) is 45.1 Å². The Morgan fingerprint density at radius 2 is 1.70 bits per heavy atom. The second kappa shape index (κ2) is 7.27. The lowest BCUT2D eigenvalue weighted by atomic mass is 9.92. The highest BCUT2D eigenvalue weighted by atomic mass is 16.2. The number of hydrogen-bond acceptors (Lipinski definition) is 2. The number of carbonyl (C=O) groups excluding carboxylic acids is 2. The molecule has 0 atom stereocenters. The number of aromatic nitrogens is 1. The number of rotatable bonds is 6. The van der Waals surface area contributed by atoms with E-state index in [4.69, 9.17) is 0 Å². The van der Waals surface area contributed by atoms with Crippen molar-refractivity contribution in [3.05, 3.63) is 53.3 Å². The molecule has 122 valence electrons. The molecule has 0 spiro atoms. The van der Waals surface area contributed by atoms with Crippen LogP contribution in [0.25, 0.3) is 0 Å². The minimum atomic E-state index is -0.126. The van der Waals surface area contributed by atoms with Crippen molar-refractivity contribution in [1.29, 1.82) is 0 Å². The zero-order chi connectivity index (χ0) is 17.0. The zero-order valence-corrected chi connectivity index (χ0v) is 14.2. The van der Waals surface area contributed by atoms with Gasteiger partial charge < -0.3 is 9.88 Å². The van der Waals surface area contributed by atoms with Crippen molar-refractivity contribution >= 4 is 17.9 Å². The van der Waals surface area contributed by atoms with Crippen LogP contribution >= 0.6 is 0 Å². The van der Waals surface area contributed by atoms with Crippen LogP contribution in [-0.4, -0.2) is 16.8 Å². The van der Waals surface area contributed by atoms with Gasteiger partial charge in [0.15, 0.2) is 6.29 Å². The molecule has 0 fully saturated rings. The number of carbonyl (C=O) groups is 2. The van der Waals surface area contributed by atoms with E-state index in [1.54, 1.807) is 22.9 Å². The fraction of sp³-hybridized carbons (Fsp3) is 0.368. The SMILES string of the molecule is CC(C)c1cccc(C(C)C)c1NC(=O)Cn1cccc1C=O. The maximum Gasteiger partial charge on any atom is 0.244 e. The first-order valence-electron chi connectivity index (χ1n) is 7.97. The average molecular weight is 312 g/mol. The van der Waals surface area contributed by atoms with Crippen molar-refractivity contribution in [2.75, 3.05) is 5.32 Å². The topological polar surface area (TPSA) is 51.1 Å². The van der Waals surface area contributed by atoms with E-state index >= 15 is 0 Å². The van der Waals surface area contributed by atoms with E-state index in [0.29, 0.717) is 17.5 Å². The molecule has 0 aliphatic rings. The summed E-state index contributed by atoms with van der Waals surface area (Å²) in [6.07, 6.45) is 2.50. The van der Waals surface area contributed by atoms with Crippen molar-refractivity contribution in [3.63, 3.8) is 0 Å². The molecule has 23 heavy (non-hydrogen) atoms. The van der Waals surface area contributed by atoms with Crippen molar-refractivity contribution < 1.29 is 9.59 Å². The van der Waals surface area contributed by atoms with Crippen LogP contribution in [0.5, 0.6) is 0 Å². The van der Waals surface area contributed by atoms with Crippen molar-refractivity contribution in [1.82, 2.24) is 4.57 Å². The quantitative estimate of drug-likeness (QED) is 0.813. The third-order valence-corrected chi connectivity index (χ3v) is 3.94. The largest absolute Gasteiger partial charge is 0.336 e. The first-order chi connectivity index (χ1) is 10.9. The lowest BCUT2D eigenvalue weighted by molar-refractivity contribution is -0.116. The zero-order valence-electron chi connectivity index (χ0n) is 14.2. The maximum atomic E-state index is 12.4. The predicted octanol–water partition coefficient (Wildman–Crippen LogP) is 4.19. The third-order valence-electron chi connectivity index (χ3n) is 3.94. The Morgan fingerprint density at radius 3 is 2.22 bits per heavy atom. The summed E-state index contributed by atoms with van der Waals surface area (Å²) in [6, 6.07) is 9.61. The Balaban J connectivity index is 2.28. The van der Waals surface area contributed by atoms with Crippen LogP contribution in [0.1, 0.15) is 61.1 Å². The Hall–Kier alpha value is -2.36. The summed E-state index contributed by atoms with van der Waals surface area (Å²) >= 11 is 0. The van der Waals surface area contributed by atoms with Crippen LogP contribution in [0.2, 0.25) is 0 Å². The lowest BCUT2D eigenvalue weighted by Gasteiger charge is -2.20. The van der Waals surface area contributed by atoms with Gasteiger partial charge in [-0.15, -0.1) is 0 Å². The number of hydrogen-bond donors (Lipinski definition) is 1. The molecule has 0 bridgehead atoms. The second-order valence-electron chi connectivity index (χ2n) is 6.35. The first-order valence-corrected chi connectivity index (χ1v) is 7.97. The molecule has 0 saturated carbocycles. The molecule has 0 aliphatic heterocycles. The molecule has 1 heterocycles. The van der Waals surface area contributed by atoms with Gasteiger partial charge in [-0.2, -0.15) is 0 Å². The molecule has 2 aromatic rings. The summed E-state index contributed by atoms with van der Waals surface area (Å²) < 4.78 is 1.65. The maximum absolute atomic E-state index is 12.4. The van der Waals surface area contributed by atoms with Crippen molar-refractivity contribution in [2.45, 2.75) is 46.1 Å². The number of benzene rings is 1. The summed E-state index contributed by atoms with van der Waals surface area (Å²) in [4.78, 5) is 23.4. The molecule has 2 rings (SSSR count). The molecule has 4 heteroatoms. The molecule has 0 radical (unpaired) electrons. The minimum absolute atomic E-state index is 0.126. The van der Waals surface area contributed by atoms with Crippen LogP contribution in [0, 0.1) is 0 Å². The molecule has 1 N–H and O–H groups in total. The Morgan fingerprint density at radius 1 is 1.09 bits per heavy atom.